The summed E-state index contributed by atoms with van der Waals surface area (Å²) in [4.78, 5) is 0. The summed E-state index contributed by atoms with van der Waals surface area (Å²) in [6.45, 7) is 0. The van der Waals surface area contributed by atoms with Gasteiger partial charge in [0, 0.05) is 0 Å². The van der Waals surface area contributed by atoms with Crippen molar-refractivity contribution in [2.75, 3.05) is 0 Å². The molecule has 0 aromatic heterocycles. The molecule has 4 fully saturated rings. The van der Waals surface area contributed by atoms with Gasteiger partial charge in [0.15, 0.2) is 0 Å². The summed E-state index contributed by atoms with van der Waals surface area (Å²) in [6, 6.07) is 0. The second kappa shape index (κ2) is 3.98. The summed E-state index contributed by atoms with van der Waals surface area (Å²) in [5, 5.41) is 6.99. The molecule has 0 aromatic rings. The maximum atomic E-state index is 8.46. The topological polar surface area (TPSA) is 40.9 Å². The summed E-state index contributed by atoms with van der Waals surface area (Å²) < 4.78 is 8.46. The third kappa shape index (κ3) is 2.06. The van der Waals surface area contributed by atoms with Crippen LogP contribution in [0, 0.1) is 28.7 Å². The summed E-state index contributed by atoms with van der Waals surface area (Å²) in [6.07, 6.45) is 9.62. The summed E-state index contributed by atoms with van der Waals surface area (Å²) in [5.41, 5.74) is 0. The van der Waals surface area contributed by atoms with E-state index in [-0.39, 0.29) is 0 Å². The van der Waals surface area contributed by atoms with Crippen molar-refractivity contribution in [1.29, 1.82) is 5.00 Å². The molecule has 0 aromatic carbocycles. The van der Waals surface area contributed by atoms with Gasteiger partial charge in [0.25, 0.3) is 0 Å². The average molecular weight is 197 g/mol. The third-order valence-corrected chi connectivity index (χ3v) is 4.00. The minimum absolute atomic E-state index is 0.833. The second-order valence-corrected chi connectivity index (χ2v) is 5.12. The van der Waals surface area contributed by atoms with Crippen molar-refractivity contribution in [3.63, 3.8) is 0 Å². The van der Waals surface area contributed by atoms with E-state index in [9.17, 15) is 0 Å². The van der Waals surface area contributed by atoms with E-state index < -0.39 is 8.10 Å². The van der Waals surface area contributed by atoms with Crippen molar-refractivity contribution >= 4 is 8.10 Å². The predicted molar refractivity (Wildman–Crippen MR) is 51.0 cm³/mol. The molecule has 0 N–H and O–H groups in total. The van der Waals surface area contributed by atoms with Gasteiger partial charge in [-0.3, -0.25) is 0 Å². The van der Waals surface area contributed by atoms with E-state index in [2.05, 4.69) is 0 Å². The summed E-state index contributed by atoms with van der Waals surface area (Å²) in [7, 11) is -0.833. The van der Waals surface area contributed by atoms with E-state index in [0.29, 0.717) is 0 Å². The molecule has 0 spiro atoms. The van der Waals surface area contributed by atoms with Gasteiger partial charge in [-0.05, 0) is 62.2 Å². The molecule has 0 amide bonds. The monoisotopic (exact) mass is 197 g/mol. The molecular formula is C10H16NOP. The first-order valence-corrected chi connectivity index (χ1v) is 6.05. The molecule has 0 unspecified atom stereocenters. The fourth-order valence-corrected chi connectivity index (χ4v) is 3.98. The Morgan fingerprint density at radius 1 is 0.769 bits per heavy atom. The first-order valence-electron chi connectivity index (χ1n) is 5.28. The second-order valence-electron chi connectivity index (χ2n) is 4.96. The van der Waals surface area contributed by atoms with Gasteiger partial charge in [-0.15, -0.1) is 0 Å². The van der Waals surface area contributed by atoms with Crippen LogP contribution in [0.25, 0.3) is 0 Å². The Morgan fingerprint density at radius 3 is 1.08 bits per heavy atom. The van der Waals surface area contributed by atoms with Gasteiger partial charge in [0.05, 0.1) is 0 Å². The Balaban J connectivity index is 0.000000196. The third-order valence-electron chi connectivity index (χ3n) is 4.00. The molecule has 0 radical (unpaired) electrons. The van der Waals surface area contributed by atoms with Gasteiger partial charge in [-0.25, -0.2) is 0 Å². The van der Waals surface area contributed by atoms with E-state index in [1.165, 1.54) is 23.7 Å². The fraction of sp³-hybridized carbons (Fsp3) is 1.00. The Labute approximate surface area is 80.5 Å². The quantitative estimate of drug-likeness (QED) is 0.557. The molecule has 72 valence electrons. The molecule has 4 saturated carbocycles. The Kier molecular flexibility index (Phi) is 2.91. The Hall–Kier alpha value is -0.0600. The van der Waals surface area contributed by atoms with E-state index in [4.69, 9.17) is 9.57 Å². The molecular weight excluding hydrogens is 181 g/mol. The first kappa shape index (κ1) is 9.49. The molecule has 3 heteroatoms. The molecule has 4 aliphatic rings. The molecule has 2 nitrogen and oxygen atoms in total. The van der Waals surface area contributed by atoms with Crippen LogP contribution in [0.1, 0.15) is 38.5 Å². The first-order chi connectivity index (χ1) is 6.31. The van der Waals surface area contributed by atoms with Crippen molar-refractivity contribution in [2.24, 2.45) is 23.7 Å². The molecule has 4 aliphatic carbocycles. The van der Waals surface area contributed by atoms with Crippen LogP contribution in [-0.4, -0.2) is 0 Å². The Morgan fingerprint density at radius 2 is 0.923 bits per heavy atom. The fourth-order valence-electron chi connectivity index (χ4n) is 3.98. The van der Waals surface area contributed by atoms with Crippen molar-refractivity contribution in [1.82, 2.24) is 0 Å². The Bertz CT molecular complexity index is 205. The van der Waals surface area contributed by atoms with E-state index >= 15 is 0 Å². The maximum absolute atomic E-state index is 8.46. The summed E-state index contributed by atoms with van der Waals surface area (Å²) in [5.74, 6) is 4.71. The average Bonchev–Trinajstić information content (AvgIpc) is 2.01. The normalized spacial score (nSPS) is 45.2. The molecule has 0 atom stereocenters. The summed E-state index contributed by atoms with van der Waals surface area (Å²) >= 11 is 0. The SMILES string of the molecule is C1C2CC3CC1CC(C2)C3.N#P=O. The predicted octanol–water partition coefficient (Wildman–Crippen LogP) is 3.59. The minimum atomic E-state index is -0.833. The molecule has 0 aliphatic heterocycles. The van der Waals surface area contributed by atoms with Crippen LogP contribution >= 0.6 is 8.10 Å². The standard InChI is InChI=1S/C10H16.NOP/c1-7-2-9-4-8(1)5-10(3-7)6-9;1-3-2/h7-10H,1-6H2;. The van der Waals surface area contributed by atoms with E-state index in [1.807, 2.05) is 0 Å². The molecule has 13 heavy (non-hydrogen) atoms. The number of hydrogen-bond donors (Lipinski definition) is 0. The van der Waals surface area contributed by atoms with Gasteiger partial charge in [0.1, 0.15) is 0 Å². The van der Waals surface area contributed by atoms with Crippen LogP contribution in [0.15, 0.2) is 0 Å². The van der Waals surface area contributed by atoms with E-state index in [0.717, 1.165) is 0 Å². The number of rotatable bonds is 0. The zero-order valence-corrected chi connectivity index (χ0v) is 8.75. The van der Waals surface area contributed by atoms with Crippen LogP contribution in [0.3, 0.4) is 0 Å². The van der Waals surface area contributed by atoms with Crippen LogP contribution in [0.5, 0.6) is 0 Å². The van der Waals surface area contributed by atoms with Crippen molar-refractivity contribution in [2.45, 2.75) is 38.5 Å². The molecule has 0 saturated heterocycles. The van der Waals surface area contributed by atoms with Crippen LogP contribution in [0.4, 0.5) is 0 Å². The van der Waals surface area contributed by atoms with Crippen molar-refractivity contribution < 1.29 is 4.57 Å². The van der Waals surface area contributed by atoms with Gasteiger partial charge >= 0.3 is 17.7 Å². The number of nitrogens with zero attached hydrogens (tertiary/aromatic N) is 1. The molecule has 0 heterocycles. The van der Waals surface area contributed by atoms with Gasteiger partial charge in [0.2, 0.25) is 0 Å². The van der Waals surface area contributed by atoms with Crippen LogP contribution < -0.4 is 0 Å². The van der Waals surface area contributed by atoms with Crippen molar-refractivity contribution in [3.05, 3.63) is 0 Å². The van der Waals surface area contributed by atoms with Crippen LogP contribution in [-0.2, 0) is 4.57 Å². The van der Waals surface area contributed by atoms with Gasteiger partial charge in [-0.1, -0.05) is 0 Å². The van der Waals surface area contributed by atoms with E-state index in [1.54, 1.807) is 38.5 Å². The zero-order valence-electron chi connectivity index (χ0n) is 7.85. The van der Waals surface area contributed by atoms with Gasteiger partial charge in [-0.2, -0.15) is 0 Å². The van der Waals surface area contributed by atoms with Crippen molar-refractivity contribution in [3.8, 4) is 0 Å². The number of hydrogen-bond acceptors (Lipinski definition) is 2. The zero-order chi connectivity index (χ0) is 9.26. The molecule has 4 rings (SSSR count). The van der Waals surface area contributed by atoms with Gasteiger partial charge < -0.3 is 0 Å². The molecule has 4 bridgehead atoms. The van der Waals surface area contributed by atoms with Crippen LogP contribution in [0.2, 0.25) is 0 Å².